The summed E-state index contributed by atoms with van der Waals surface area (Å²) in [6.45, 7) is 6.30. The van der Waals surface area contributed by atoms with Crippen LogP contribution in [-0.2, 0) is 16.1 Å². The fraction of sp³-hybridized carbons (Fsp3) is 0.364. The lowest BCUT2D eigenvalue weighted by atomic mass is 9.96. The third kappa shape index (κ3) is 7.73. The van der Waals surface area contributed by atoms with Crippen LogP contribution in [0.2, 0.25) is 0 Å². The van der Waals surface area contributed by atoms with E-state index in [9.17, 15) is 14.4 Å². The van der Waals surface area contributed by atoms with Gasteiger partial charge in [-0.15, -0.1) is 0 Å². The number of pyridine rings is 1. The van der Waals surface area contributed by atoms with Crippen molar-refractivity contribution >= 4 is 23.4 Å². The second-order valence-electron chi connectivity index (χ2n) is 7.74. The number of nitrogens with zero attached hydrogens (tertiary/aromatic N) is 1. The van der Waals surface area contributed by atoms with Gasteiger partial charge in [-0.25, -0.2) is 0 Å². The minimum absolute atomic E-state index is 0.0395. The molecule has 7 nitrogen and oxygen atoms in total. The first-order valence-electron chi connectivity index (χ1n) is 9.62. The molecule has 154 valence electrons. The number of benzene rings is 1. The highest BCUT2D eigenvalue weighted by Gasteiger charge is 2.20. The molecule has 2 rings (SSSR count). The average molecular weight is 396 g/mol. The van der Waals surface area contributed by atoms with Crippen LogP contribution >= 0.6 is 0 Å². The Bertz CT molecular complexity index is 845. The van der Waals surface area contributed by atoms with Crippen molar-refractivity contribution in [2.24, 2.45) is 5.41 Å². The van der Waals surface area contributed by atoms with Crippen LogP contribution < -0.4 is 16.0 Å². The normalized spacial score (nSPS) is 10.9. The Balaban J connectivity index is 1.79. The molecule has 0 aliphatic heterocycles. The quantitative estimate of drug-likeness (QED) is 0.597. The Morgan fingerprint density at radius 1 is 1.00 bits per heavy atom. The summed E-state index contributed by atoms with van der Waals surface area (Å²) in [5.74, 6) is -0.444. The lowest BCUT2D eigenvalue weighted by molar-refractivity contribution is -0.128. The molecule has 0 bridgehead atoms. The number of carbonyl (C=O) groups is 3. The summed E-state index contributed by atoms with van der Waals surface area (Å²) in [6.07, 6.45) is 2.49. The number of amides is 3. The molecule has 0 saturated heterocycles. The Morgan fingerprint density at radius 3 is 2.48 bits per heavy atom. The first-order chi connectivity index (χ1) is 13.8. The van der Waals surface area contributed by atoms with Crippen molar-refractivity contribution in [3.05, 3.63) is 59.9 Å². The van der Waals surface area contributed by atoms with Gasteiger partial charge in [-0.2, -0.15) is 0 Å². The Kier molecular flexibility index (Phi) is 7.88. The molecule has 3 N–H and O–H groups in total. The molecule has 0 radical (unpaired) electrons. The van der Waals surface area contributed by atoms with E-state index in [4.69, 9.17) is 0 Å². The molecule has 2 aromatic rings. The van der Waals surface area contributed by atoms with Crippen LogP contribution in [0.1, 0.15) is 49.7 Å². The molecule has 7 heteroatoms. The maximum Gasteiger partial charge on any atom is 0.251 e. The van der Waals surface area contributed by atoms with Crippen molar-refractivity contribution in [2.45, 2.75) is 40.2 Å². The molecule has 0 aliphatic carbocycles. The second kappa shape index (κ2) is 10.4. The Morgan fingerprint density at radius 2 is 1.79 bits per heavy atom. The summed E-state index contributed by atoms with van der Waals surface area (Å²) in [5, 5.41) is 8.41. The van der Waals surface area contributed by atoms with E-state index >= 15 is 0 Å². The highest BCUT2D eigenvalue weighted by Crippen LogP contribution is 2.13. The molecule has 1 heterocycles. The van der Waals surface area contributed by atoms with Gasteiger partial charge in [0, 0.05) is 35.8 Å². The van der Waals surface area contributed by atoms with Gasteiger partial charge in [0.15, 0.2) is 0 Å². The van der Waals surface area contributed by atoms with Crippen molar-refractivity contribution < 1.29 is 14.4 Å². The molecule has 0 spiro atoms. The molecule has 0 saturated carbocycles. The molecule has 0 unspecified atom stereocenters. The predicted molar refractivity (Wildman–Crippen MR) is 112 cm³/mol. The van der Waals surface area contributed by atoms with Crippen LogP contribution in [-0.4, -0.2) is 29.3 Å². The van der Waals surface area contributed by atoms with Crippen molar-refractivity contribution in [2.75, 3.05) is 11.9 Å². The highest BCUT2D eigenvalue weighted by molar-refractivity contribution is 5.97. The lowest BCUT2D eigenvalue weighted by Crippen LogP contribution is -2.35. The zero-order valence-electron chi connectivity index (χ0n) is 17.1. The second-order valence-corrected chi connectivity index (χ2v) is 7.74. The molecule has 0 atom stereocenters. The van der Waals surface area contributed by atoms with E-state index in [0.29, 0.717) is 30.8 Å². The molecular formula is C22H28N4O3. The zero-order valence-corrected chi connectivity index (χ0v) is 17.1. The van der Waals surface area contributed by atoms with Crippen molar-refractivity contribution in [3.8, 4) is 0 Å². The number of nitrogens with one attached hydrogen (secondary N) is 3. The van der Waals surface area contributed by atoms with Crippen LogP contribution in [0.15, 0.2) is 48.7 Å². The number of hydrogen-bond donors (Lipinski definition) is 3. The van der Waals surface area contributed by atoms with Gasteiger partial charge >= 0.3 is 0 Å². The summed E-state index contributed by atoms with van der Waals surface area (Å²) in [4.78, 5) is 40.4. The van der Waals surface area contributed by atoms with Crippen molar-refractivity contribution in [1.82, 2.24) is 15.6 Å². The molecule has 1 aromatic heterocycles. The first kappa shape index (κ1) is 22.1. The number of rotatable bonds is 8. The maximum atomic E-state index is 12.3. The van der Waals surface area contributed by atoms with Gasteiger partial charge in [0.1, 0.15) is 0 Å². The van der Waals surface area contributed by atoms with Crippen molar-refractivity contribution in [3.63, 3.8) is 0 Å². The minimum atomic E-state index is -0.445. The molecule has 0 fully saturated rings. The van der Waals surface area contributed by atoms with Gasteiger partial charge in [-0.05, 0) is 36.8 Å². The summed E-state index contributed by atoms with van der Waals surface area (Å²) >= 11 is 0. The maximum absolute atomic E-state index is 12.3. The third-order valence-corrected chi connectivity index (χ3v) is 4.11. The number of carbonyl (C=O) groups excluding carboxylic acids is 3. The Hall–Kier alpha value is -3.22. The fourth-order valence-electron chi connectivity index (χ4n) is 2.45. The van der Waals surface area contributed by atoms with Crippen molar-refractivity contribution in [1.29, 1.82) is 0 Å². The van der Waals surface area contributed by atoms with Gasteiger partial charge in [0.05, 0.1) is 12.2 Å². The number of anilines is 1. The first-order valence-corrected chi connectivity index (χ1v) is 9.62. The van der Waals surface area contributed by atoms with E-state index in [1.807, 2.05) is 39.0 Å². The van der Waals surface area contributed by atoms with Crippen LogP contribution in [0.25, 0.3) is 0 Å². The van der Waals surface area contributed by atoms with Gasteiger partial charge in [0.25, 0.3) is 5.91 Å². The lowest BCUT2D eigenvalue weighted by Gasteiger charge is -2.17. The summed E-state index contributed by atoms with van der Waals surface area (Å²) < 4.78 is 0. The SMILES string of the molecule is CC(C)(C)C(=O)NCCCC(=O)Nc1cccc(C(=O)NCc2ccccn2)c1. The number of hydrogen-bond acceptors (Lipinski definition) is 4. The summed E-state index contributed by atoms with van der Waals surface area (Å²) in [6, 6.07) is 12.3. The van der Waals surface area contributed by atoms with Gasteiger partial charge < -0.3 is 16.0 Å². The standard InChI is InChI=1S/C22H28N4O3/c1-22(2,3)21(29)24-13-7-11-19(27)26-17-10-6-8-16(14-17)20(28)25-15-18-9-4-5-12-23-18/h4-6,8-10,12,14H,7,11,13,15H2,1-3H3,(H,24,29)(H,25,28)(H,26,27). The van der Waals surface area contributed by atoms with Gasteiger partial charge in [0.2, 0.25) is 11.8 Å². The molecule has 29 heavy (non-hydrogen) atoms. The fourth-order valence-corrected chi connectivity index (χ4v) is 2.45. The summed E-state index contributed by atoms with van der Waals surface area (Å²) in [7, 11) is 0. The van der Waals surface area contributed by atoms with Gasteiger partial charge in [-0.3, -0.25) is 19.4 Å². The third-order valence-electron chi connectivity index (χ3n) is 4.11. The molecular weight excluding hydrogens is 368 g/mol. The molecule has 1 aromatic carbocycles. The highest BCUT2D eigenvalue weighted by atomic mass is 16.2. The van der Waals surface area contributed by atoms with Crippen LogP contribution in [0, 0.1) is 5.41 Å². The average Bonchev–Trinajstić information content (AvgIpc) is 2.69. The Labute approximate surface area is 171 Å². The zero-order chi connectivity index (χ0) is 21.3. The van der Waals surface area contributed by atoms with E-state index in [1.54, 1.807) is 30.5 Å². The van der Waals surface area contributed by atoms with E-state index in [2.05, 4.69) is 20.9 Å². The van der Waals surface area contributed by atoms with Crippen LogP contribution in [0.5, 0.6) is 0 Å². The van der Waals surface area contributed by atoms with E-state index < -0.39 is 5.41 Å². The summed E-state index contributed by atoms with van der Waals surface area (Å²) in [5.41, 5.74) is 1.33. The van der Waals surface area contributed by atoms with Crippen LogP contribution in [0.4, 0.5) is 5.69 Å². The topological polar surface area (TPSA) is 100 Å². The van der Waals surface area contributed by atoms with E-state index in [1.165, 1.54) is 0 Å². The van der Waals surface area contributed by atoms with Crippen LogP contribution in [0.3, 0.4) is 0 Å². The van der Waals surface area contributed by atoms with E-state index in [-0.39, 0.29) is 24.1 Å². The molecule has 3 amide bonds. The largest absolute Gasteiger partial charge is 0.356 e. The smallest absolute Gasteiger partial charge is 0.251 e. The predicted octanol–water partition coefficient (Wildman–Crippen LogP) is 2.89. The van der Waals surface area contributed by atoms with Gasteiger partial charge in [-0.1, -0.05) is 32.9 Å². The number of aromatic nitrogens is 1. The molecule has 0 aliphatic rings. The van der Waals surface area contributed by atoms with E-state index in [0.717, 1.165) is 5.69 Å². The monoisotopic (exact) mass is 396 g/mol. The minimum Gasteiger partial charge on any atom is -0.356 e.